The van der Waals surface area contributed by atoms with Crippen LogP contribution in [0.1, 0.15) is 11.9 Å². The Morgan fingerprint density at radius 3 is 2.43 bits per heavy atom. The van der Waals surface area contributed by atoms with Gasteiger partial charge < -0.3 is 15.3 Å². The van der Waals surface area contributed by atoms with Crippen molar-refractivity contribution in [2.75, 3.05) is 0 Å². The normalized spacial score (nSPS) is 10.6. The van der Waals surface area contributed by atoms with E-state index in [1.165, 1.54) is 0 Å². The van der Waals surface area contributed by atoms with E-state index in [9.17, 15) is 15.2 Å². The van der Waals surface area contributed by atoms with Crippen LogP contribution in [0, 0.1) is 10.1 Å². The van der Waals surface area contributed by atoms with E-state index >= 15 is 0 Å². The number of nitro benzene ring substituents is 1. The Kier molecular flexibility index (Phi) is 2.90. The van der Waals surface area contributed by atoms with Gasteiger partial charge in [-0.15, -0.1) is 0 Å². The van der Waals surface area contributed by atoms with Gasteiger partial charge in [0, 0.05) is 12.1 Å². The van der Waals surface area contributed by atoms with Crippen molar-refractivity contribution in [2.45, 2.75) is 6.29 Å². The van der Waals surface area contributed by atoms with Gasteiger partial charge in [0.15, 0.2) is 6.29 Å². The molecule has 14 heavy (non-hydrogen) atoms. The first-order valence-electron chi connectivity index (χ1n) is 3.46. The van der Waals surface area contributed by atoms with Crippen LogP contribution < -0.4 is 0 Å². The van der Waals surface area contributed by atoms with Gasteiger partial charge in [0.05, 0.1) is 15.5 Å². The molecule has 0 aliphatic rings. The van der Waals surface area contributed by atoms with Gasteiger partial charge in [-0.3, -0.25) is 10.1 Å². The molecule has 0 atom stereocenters. The number of phenols is 1. The zero-order chi connectivity index (χ0) is 10.9. The van der Waals surface area contributed by atoms with E-state index in [2.05, 4.69) is 0 Å². The molecule has 1 rings (SSSR count). The molecular weight excluding hydrogens is 214 g/mol. The number of hydrogen-bond donors (Lipinski definition) is 3. The number of non-ortho nitro benzene ring substituents is 1. The van der Waals surface area contributed by atoms with Gasteiger partial charge in [0.25, 0.3) is 5.69 Å². The van der Waals surface area contributed by atoms with Gasteiger partial charge >= 0.3 is 0 Å². The van der Waals surface area contributed by atoms with Gasteiger partial charge in [0.2, 0.25) is 0 Å². The molecule has 0 spiro atoms. The molecule has 0 bridgehead atoms. The van der Waals surface area contributed by atoms with Crippen LogP contribution in [0.25, 0.3) is 0 Å². The summed E-state index contributed by atoms with van der Waals surface area (Å²) in [7, 11) is 0. The lowest BCUT2D eigenvalue weighted by molar-refractivity contribution is -0.385. The average Bonchev–Trinajstić information content (AvgIpc) is 2.08. The topological polar surface area (TPSA) is 104 Å². The number of aromatic hydroxyl groups is 1. The lowest BCUT2D eigenvalue weighted by atomic mass is 10.1. The molecule has 1 aromatic carbocycles. The third-order valence-electron chi connectivity index (χ3n) is 1.57. The van der Waals surface area contributed by atoms with E-state index in [-0.39, 0.29) is 5.02 Å². The number of hydrogen-bond acceptors (Lipinski definition) is 5. The molecule has 0 unspecified atom stereocenters. The lowest BCUT2D eigenvalue weighted by Gasteiger charge is -2.07. The molecule has 7 heteroatoms. The number of aliphatic hydroxyl groups is 2. The van der Waals surface area contributed by atoms with Crippen LogP contribution in [0.2, 0.25) is 5.02 Å². The number of nitro groups is 1. The zero-order valence-electron chi connectivity index (χ0n) is 6.72. The summed E-state index contributed by atoms with van der Waals surface area (Å²) in [5, 5.41) is 36.7. The Morgan fingerprint density at radius 1 is 1.43 bits per heavy atom. The van der Waals surface area contributed by atoms with E-state index in [0.717, 1.165) is 12.1 Å². The lowest BCUT2D eigenvalue weighted by Crippen LogP contribution is -1.98. The minimum Gasteiger partial charge on any atom is -0.506 e. The second kappa shape index (κ2) is 3.79. The van der Waals surface area contributed by atoms with E-state index in [4.69, 9.17) is 21.8 Å². The van der Waals surface area contributed by atoms with Crippen molar-refractivity contribution in [1.82, 2.24) is 0 Å². The molecular formula is C7H6ClNO5. The number of rotatable bonds is 2. The summed E-state index contributed by atoms with van der Waals surface area (Å²) in [4.78, 5) is 9.59. The quantitative estimate of drug-likeness (QED) is 0.390. The zero-order valence-corrected chi connectivity index (χ0v) is 7.47. The van der Waals surface area contributed by atoms with Crippen LogP contribution in [0.4, 0.5) is 5.69 Å². The van der Waals surface area contributed by atoms with E-state index in [1.54, 1.807) is 0 Å². The fraction of sp³-hybridized carbons (Fsp3) is 0.143. The first kappa shape index (κ1) is 10.7. The van der Waals surface area contributed by atoms with Gasteiger partial charge in [0.1, 0.15) is 5.75 Å². The van der Waals surface area contributed by atoms with Crippen LogP contribution in [0.5, 0.6) is 5.75 Å². The smallest absolute Gasteiger partial charge is 0.271 e. The van der Waals surface area contributed by atoms with E-state index in [1.807, 2.05) is 0 Å². The molecule has 1 aromatic rings. The van der Waals surface area contributed by atoms with E-state index < -0.39 is 28.2 Å². The predicted octanol–water partition coefficient (Wildman–Crippen LogP) is 0.937. The molecule has 6 nitrogen and oxygen atoms in total. The summed E-state index contributed by atoms with van der Waals surface area (Å²) in [5.41, 5.74) is -0.819. The second-order valence-corrected chi connectivity index (χ2v) is 2.90. The van der Waals surface area contributed by atoms with Crippen molar-refractivity contribution < 1.29 is 20.2 Å². The fourth-order valence-corrected chi connectivity index (χ4v) is 1.13. The fourth-order valence-electron chi connectivity index (χ4n) is 0.908. The average molecular weight is 220 g/mol. The third kappa shape index (κ3) is 1.92. The Balaban J connectivity index is 3.35. The van der Waals surface area contributed by atoms with Crippen molar-refractivity contribution in [3.05, 3.63) is 32.8 Å². The minimum atomic E-state index is -2.01. The number of nitrogens with zero attached hydrogens (tertiary/aromatic N) is 1. The molecule has 0 aliphatic carbocycles. The van der Waals surface area contributed by atoms with Crippen LogP contribution in [-0.2, 0) is 0 Å². The molecule has 0 aliphatic heterocycles. The summed E-state index contributed by atoms with van der Waals surface area (Å²) in [6.45, 7) is 0. The molecule has 0 amide bonds. The molecule has 0 fully saturated rings. The van der Waals surface area contributed by atoms with Crippen LogP contribution in [0.15, 0.2) is 12.1 Å². The van der Waals surface area contributed by atoms with Crippen LogP contribution >= 0.6 is 11.6 Å². The summed E-state index contributed by atoms with van der Waals surface area (Å²) in [6, 6.07) is 1.76. The molecule has 0 radical (unpaired) electrons. The molecule has 3 N–H and O–H groups in total. The van der Waals surface area contributed by atoms with Crippen molar-refractivity contribution in [3.8, 4) is 5.75 Å². The monoisotopic (exact) mass is 219 g/mol. The Morgan fingerprint density at radius 2 is 2.00 bits per heavy atom. The van der Waals surface area contributed by atoms with Crippen molar-refractivity contribution in [2.24, 2.45) is 0 Å². The van der Waals surface area contributed by atoms with E-state index in [0.29, 0.717) is 0 Å². The molecule has 76 valence electrons. The van der Waals surface area contributed by atoms with Crippen LogP contribution in [0.3, 0.4) is 0 Å². The first-order chi connectivity index (χ1) is 6.43. The van der Waals surface area contributed by atoms with Gasteiger partial charge in [-0.2, -0.15) is 0 Å². The Labute approximate surface area is 83.1 Å². The van der Waals surface area contributed by atoms with Crippen LogP contribution in [-0.4, -0.2) is 20.2 Å². The molecule has 0 heterocycles. The molecule has 0 saturated carbocycles. The highest BCUT2D eigenvalue weighted by molar-refractivity contribution is 6.32. The number of aliphatic hydroxyl groups excluding tert-OH is 1. The third-order valence-corrected chi connectivity index (χ3v) is 1.85. The predicted molar refractivity (Wildman–Crippen MR) is 46.9 cm³/mol. The maximum Gasteiger partial charge on any atom is 0.271 e. The minimum absolute atomic E-state index is 0.303. The van der Waals surface area contributed by atoms with Gasteiger partial charge in [-0.1, -0.05) is 11.6 Å². The SMILES string of the molecule is O=[N+]([O-])c1cc(Cl)c(O)c(C(O)O)c1. The Hall–Kier alpha value is -1.37. The summed E-state index contributed by atoms with van der Waals surface area (Å²) in [5.74, 6) is -0.577. The maximum absolute atomic E-state index is 10.3. The van der Waals surface area contributed by atoms with Gasteiger partial charge in [-0.25, -0.2) is 0 Å². The molecule has 0 saturated heterocycles. The second-order valence-electron chi connectivity index (χ2n) is 2.50. The van der Waals surface area contributed by atoms with Crippen molar-refractivity contribution >= 4 is 17.3 Å². The Bertz CT molecular complexity index is 379. The molecule has 0 aromatic heterocycles. The van der Waals surface area contributed by atoms with Crippen molar-refractivity contribution in [3.63, 3.8) is 0 Å². The standard InChI is InChI=1S/C7H6ClNO5/c8-5-2-3(9(13)14)1-4(6(5)10)7(11)12/h1-2,7,10-12H. The summed E-state index contributed by atoms with van der Waals surface area (Å²) in [6.07, 6.45) is -2.01. The van der Waals surface area contributed by atoms with Crippen molar-refractivity contribution in [1.29, 1.82) is 0 Å². The maximum atomic E-state index is 10.3. The summed E-state index contributed by atoms with van der Waals surface area (Å²) >= 11 is 5.43. The highest BCUT2D eigenvalue weighted by atomic mass is 35.5. The largest absolute Gasteiger partial charge is 0.506 e. The number of phenolic OH excluding ortho intramolecular Hbond substituents is 1. The number of benzene rings is 1. The number of halogens is 1. The highest BCUT2D eigenvalue weighted by Crippen LogP contribution is 2.34. The first-order valence-corrected chi connectivity index (χ1v) is 3.84. The summed E-state index contributed by atoms with van der Waals surface area (Å²) < 4.78 is 0. The van der Waals surface area contributed by atoms with Gasteiger partial charge in [-0.05, 0) is 0 Å². The highest BCUT2D eigenvalue weighted by Gasteiger charge is 2.18.